The molecule has 6 heteroatoms. The number of nitrogens with zero attached hydrogens (tertiary/aromatic N) is 1. The number of carbonyl (C=O) groups excluding carboxylic acids is 1. The van der Waals surface area contributed by atoms with Crippen molar-refractivity contribution in [1.29, 1.82) is 0 Å². The second-order valence-corrected chi connectivity index (χ2v) is 7.62. The lowest BCUT2D eigenvalue weighted by atomic mass is 9.77. The highest BCUT2D eigenvalue weighted by Gasteiger charge is 2.46. The number of rotatable bonds is 3. The third kappa shape index (κ3) is 2.84. The predicted molar refractivity (Wildman–Crippen MR) is 107 cm³/mol. The third-order valence-electron chi connectivity index (χ3n) is 6.26. The molecular weight excluding hydrogens is 356 g/mol. The van der Waals surface area contributed by atoms with Crippen molar-refractivity contribution in [2.24, 2.45) is 5.92 Å². The Balaban J connectivity index is 1.80. The molecule has 1 N–H and O–H groups in total. The van der Waals surface area contributed by atoms with Crippen molar-refractivity contribution >= 4 is 16.9 Å². The molecule has 2 aromatic rings. The summed E-state index contributed by atoms with van der Waals surface area (Å²) >= 11 is 0. The molecule has 0 radical (unpaired) electrons. The lowest BCUT2D eigenvalue weighted by Crippen LogP contribution is -2.55. The second-order valence-electron chi connectivity index (χ2n) is 7.62. The van der Waals surface area contributed by atoms with Crippen LogP contribution >= 0.6 is 0 Å². The van der Waals surface area contributed by atoms with Crippen LogP contribution in [0.15, 0.2) is 47.7 Å². The van der Waals surface area contributed by atoms with E-state index in [2.05, 4.69) is 17.1 Å². The van der Waals surface area contributed by atoms with Gasteiger partial charge in [-0.25, -0.2) is 4.79 Å². The molecule has 0 spiro atoms. The van der Waals surface area contributed by atoms with Gasteiger partial charge in [0.2, 0.25) is 0 Å². The highest BCUT2D eigenvalue weighted by molar-refractivity contribution is 5.89. The van der Waals surface area contributed by atoms with Crippen LogP contribution in [0.4, 0.5) is 0 Å². The van der Waals surface area contributed by atoms with E-state index in [4.69, 9.17) is 9.47 Å². The van der Waals surface area contributed by atoms with Crippen LogP contribution in [-0.2, 0) is 20.7 Å². The summed E-state index contributed by atoms with van der Waals surface area (Å²) in [5.74, 6) is -0.607. The average Bonchev–Trinajstić information content (AvgIpc) is 3.09. The number of carbonyl (C=O) groups is 1. The first kappa shape index (κ1) is 18.8. The number of benzene rings is 1. The number of aromatic nitrogens is 1. The van der Waals surface area contributed by atoms with Gasteiger partial charge in [-0.1, -0.05) is 24.3 Å². The van der Waals surface area contributed by atoms with Crippen LogP contribution in [0.25, 0.3) is 10.9 Å². The summed E-state index contributed by atoms with van der Waals surface area (Å²) in [6.07, 6.45) is 4.73. The Morgan fingerprint density at radius 2 is 2.11 bits per heavy atom. The van der Waals surface area contributed by atoms with E-state index < -0.39 is 5.97 Å². The van der Waals surface area contributed by atoms with Gasteiger partial charge in [-0.2, -0.15) is 0 Å². The van der Waals surface area contributed by atoms with Gasteiger partial charge in [-0.15, -0.1) is 0 Å². The predicted octanol–water partition coefficient (Wildman–Crippen LogP) is 3.75. The van der Waals surface area contributed by atoms with Crippen LogP contribution in [0.1, 0.15) is 30.6 Å². The maximum absolute atomic E-state index is 13.8. The quantitative estimate of drug-likeness (QED) is 0.219. The molecule has 0 aliphatic carbocycles. The van der Waals surface area contributed by atoms with Crippen molar-refractivity contribution in [3.05, 3.63) is 64.2 Å². The summed E-state index contributed by atoms with van der Waals surface area (Å²) < 4.78 is 9.87. The fourth-order valence-corrected chi connectivity index (χ4v) is 4.90. The fraction of sp³-hybridized carbons (Fsp3) is 0.409. The largest absolute Gasteiger partial charge is 0.632 e. The summed E-state index contributed by atoms with van der Waals surface area (Å²) in [5.41, 5.74) is 4.76. The number of aromatic amines is 1. The summed E-state index contributed by atoms with van der Waals surface area (Å²) in [6, 6.07) is 7.95. The molecule has 0 saturated carbocycles. The molecule has 1 aromatic carbocycles. The highest BCUT2D eigenvalue weighted by Crippen LogP contribution is 2.48. The van der Waals surface area contributed by atoms with E-state index in [1.54, 1.807) is 0 Å². The first-order valence-electron chi connectivity index (χ1n) is 9.66. The molecule has 0 bridgehead atoms. The fourth-order valence-electron chi connectivity index (χ4n) is 4.90. The zero-order chi connectivity index (χ0) is 19.9. The van der Waals surface area contributed by atoms with E-state index in [-0.39, 0.29) is 16.6 Å². The van der Waals surface area contributed by atoms with Gasteiger partial charge < -0.3 is 24.3 Å². The first-order valence-corrected chi connectivity index (χ1v) is 9.66. The van der Waals surface area contributed by atoms with Gasteiger partial charge in [0.05, 0.1) is 38.3 Å². The third-order valence-corrected chi connectivity index (χ3v) is 6.26. The molecule has 1 aromatic heterocycles. The Morgan fingerprint density at radius 1 is 1.32 bits per heavy atom. The van der Waals surface area contributed by atoms with Crippen molar-refractivity contribution in [3.63, 3.8) is 0 Å². The Morgan fingerprint density at radius 3 is 2.82 bits per heavy atom. The van der Waals surface area contributed by atoms with Crippen molar-refractivity contribution < 1.29 is 18.9 Å². The topological polar surface area (TPSA) is 74.4 Å². The highest BCUT2D eigenvalue weighted by atomic mass is 16.5. The van der Waals surface area contributed by atoms with Crippen LogP contribution in [0, 0.1) is 11.1 Å². The van der Waals surface area contributed by atoms with Crippen LogP contribution in [0.2, 0.25) is 0 Å². The van der Waals surface area contributed by atoms with Gasteiger partial charge in [0.1, 0.15) is 12.6 Å². The van der Waals surface area contributed by atoms with Gasteiger partial charge in [-0.3, -0.25) is 0 Å². The number of nitrogens with one attached hydrogen (secondary N) is 1. The normalized spacial score (nSPS) is 28.7. The van der Waals surface area contributed by atoms with E-state index in [0.29, 0.717) is 25.1 Å². The minimum absolute atomic E-state index is 0.194. The minimum atomic E-state index is -0.412. The number of ether oxygens (including phenoxy) is 2. The van der Waals surface area contributed by atoms with E-state index in [0.717, 1.165) is 23.2 Å². The number of hydrogen-bond acceptors (Lipinski definition) is 4. The molecule has 2 aliphatic heterocycles. The zero-order valence-corrected chi connectivity index (χ0v) is 16.5. The number of esters is 1. The van der Waals surface area contributed by atoms with Crippen LogP contribution < -0.4 is 0 Å². The minimum Gasteiger partial charge on any atom is -0.632 e. The van der Waals surface area contributed by atoms with Crippen LogP contribution in [0.3, 0.4) is 0 Å². The van der Waals surface area contributed by atoms with Gasteiger partial charge >= 0.3 is 5.97 Å². The summed E-state index contributed by atoms with van der Waals surface area (Å²) in [7, 11) is 2.89. The lowest BCUT2D eigenvalue weighted by molar-refractivity contribution is -0.914. The molecule has 3 heterocycles. The molecule has 3 atom stereocenters. The molecule has 6 nitrogen and oxygen atoms in total. The monoisotopic (exact) mass is 382 g/mol. The van der Waals surface area contributed by atoms with Crippen molar-refractivity contribution in [1.82, 2.24) is 4.98 Å². The lowest BCUT2D eigenvalue weighted by Gasteiger charge is -2.55. The number of allylic oxidation sites excluding steroid dienone is 1. The smallest absolute Gasteiger partial charge is 0.337 e. The SMILES string of the molecule is C/C=C1/C[N+]2([O-])CCc3c([nH]c4ccccc34)[C@@H]2C[C@@H]1/C(=C/OC)C(=O)OC. The molecule has 1 saturated heterocycles. The number of methoxy groups -OCH3 is 2. The van der Waals surface area contributed by atoms with Gasteiger partial charge in [0.25, 0.3) is 0 Å². The number of quaternary nitrogens is 1. The molecule has 2 aliphatic rings. The van der Waals surface area contributed by atoms with E-state index in [1.807, 2.05) is 25.1 Å². The van der Waals surface area contributed by atoms with Crippen molar-refractivity contribution in [2.45, 2.75) is 25.8 Å². The van der Waals surface area contributed by atoms with Crippen molar-refractivity contribution in [2.75, 3.05) is 27.3 Å². The average molecular weight is 382 g/mol. The zero-order valence-electron chi connectivity index (χ0n) is 16.5. The maximum atomic E-state index is 13.8. The number of H-pyrrole nitrogens is 1. The van der Waals surface area contributed by atoms with E-state index >= 15 is 0 Å². The van der Waals surface area contributed by atoms with E-state index in [9.17, 15) is 10.0 Å². The molecular formula is C22H26N2O4. The molecule has 4 rings (SSSR count). The number of para-hydroxylation sites is 1. The Hall–Kier alpha value is -2.57. The van der Waals surface area contributed by atoms with Gasteiger partial charge in [0.15, 0.2) is 0 Å². The second kappa shape index (κ2) is 7.11. The van der Waals surface area contributed by atoms with Crippen LogP contribution in [-0.4, -0.2) is 42.9 Å². The van der Waals surface area contributed by atoms with Gasteiger partial charge in [0, 0.05) is 29.7 Å². The summed E-state index contributed by atoms with van der Waals surface area (Å²) in [6.45, 7) is 2.85. The summed E-state index contributed by atoms with van der Waals surface area (Å²) in [4.78, 5) is 15.9. The standard InChI is InChI=1S/C22H26N2O4/c1-4-14-12-24(26)10-9-16-15-7-5-6-8-19(15)23-21(16)20(24)11-17(14)18(13-27-2)22(25)28-3/h4-8,13,17,20,23H,9-12H2,1-3H3/b14-4-,18-13-/t17-,20-,24?/m0/s1. The number of hydroxylamine groups is 3. The molecule has 1 fully saturated rings. The maximum Gasteiger partial charge on any atom is 0.337 e. The Labute approximate surface area is 164 Å². The summed E-state index contributed by atoms with van der Waals surface area (Å²) in [5, 5.41) is 15.0. The van der Waals surface area contributed by atoms with Crippen LogP contribution in [0.5, 0.6) is 0 Å². The molecule has 148 valence electrons. The number of piperidine rings is 1. The number of fused-ring (bicyclic) bond motifs is 5. The molecule has 1 unspecified atom stereocenters. The number of hydrogen-bond donors (Lipinski definition) is 1. The Kier molecular flexibility index (Phi) is 4.77. The molecule has 0 amide bonds. The van der Waals surface area contributed by atoms with Gasteiger partial charge in [-0.05, 0) is 24.1 Å². The first-order chi connectivity index (χ1) is 13.5. The molecule has 28 heavy (non-hydrogen) atoms. The Bertz CT molecular complexity index is 974. The van der Waals surface area contributed by atoms with E-state index in [1.165, 1.54) is 31.4 Å². The van der Waals surface area contributed by atoms with Crippen molar-refractivity contribution in [3.8, 4) is 0 Å².